The van der Waals surface area contributed by atoms with Crippen LogP contribution < -0.4 is 10.6 Å². The van der Waals surface area contributed by atoms with Gasteiger partial charge in [-0.15, -0.1) is 11.3 Å². The van der Waals surface area contributed by atoms with Gasteiger partial charge in [-0.05, 0) is 45.2 Å². The Kier molecular flexibility index (Phi) is 6.46. The highest BCUT2D eigenvalue weighted by Crippen LogP contribution is 2.48. The van der Waals surface area contributed by atoms with Crippen LogP contribution in [0.4, 0.5) is 11.4 Å². The first-order valence-corrected chi connectivity index (χ1v) is 13.7. The Morgan fingerprint density at radius 3 is 2.79 bits per heavy atom. The second kappa shape index (κ2) is 9.93. The first-order valence-electron chi connectivity index (χ1n) is 12.9. The standard InChI is InChI=1S/C26H30N8O3S/c1-17-21(10-19(12-27-17)30-23(36)16-32-7-3-2-4-26(32)5-6-26)31-24(37)20-13-29-34-15-22(38-25(20)34)18-11-28-33(14-18)8-9-35/h10-15,35H,2-9,16H2,1H3,(H,30,36)(H,31,37). The Hall–Kier alpha value is -3.61. The number of aryl methyl sites for hydroxylation is 1. The van der Waals surface area contributed by atoms with E-state index in [2.05, 4.69) is 30.7 Å². The Balaban J connectivity index is 1.15. The molecule has 1 aliphatic heterocycles. The van der Waals surface area contributed by atoms with Crippen LogP contribution in [-0.4, -0.2) is 71.4 Å². The molecular formula is C26H30N8O3S. The average molecular weight is 535 g/mol. The van der Waals surface area contributed by atoms with Crippen molar-refractivity contribution in [2.45, 2.75) is 51.1 Å². The van der Waals surface area contributed by atoms with Crippen molar-refractivity contribution in [2.24, 2.45) is 0 Å². The monoisotopic (exact) mass is 534 g/mol. The molecule has 5 heterocycles. The molecule has 1 aliphatic carbocycles. The summed E-state index contributed by atoms with van der Waals surface area (Å²) in [5.41, 5.74) is 3.32. The summed E-state index contributed by atoms with van der Waals surface area (Å²) >= 11 is 1.44. The van der Waals surface area contributed by atoms with Crippen LogP contribution in [0.1, 0.15) is 48.2 Å². The van der Waals surface area contributed by atoms with Gasteiger partial charge in [-0.3, -0.25) is 24.2 Å². The summed E-state index contributed by atoms with van der Waals surface area (Å²) in [5.74, 6) is -0.366. The van der Waals surface area contributed by atoms with Crippen molar-refractivity contribution in [3.8, 4) is 10.4 Å². The van der Waals surface area contributed by atoms with Gasteiger partial charge in [0.2, 0.25) is 5.91 Å². The van der Waals surface area contributed by atoms with E-state index in [4.69, 9.17) is 5.11 Å². The quantitative estimate of drug-likeness (QED) is 0.317. The lowest BCUT2D eigenvalue weighted by molar-refractivity contribution is -0.118. The van der Waals surface area contributed by atoms with Crippen LogP contribution in [0.5, 0.6) is 0 Å². The maximum atomic E-state index is 13.2. The summed E-state index contributed by atoms with van der Waals surface area (Å²) in [6.45, 7) is 3.59. The molecule has 0 atom stereocenters. The van der Waals surface area contributed by atoms with Crippen molar-refractivity contribution >= 4 is 39.4 Å². The summed E-state index contributed by atoms with van der Waals surface area (Å²) in [6.07, 6.45) is 14.5. The van der Waals surface area contributed by atoms with Gasteiger partial charge >= 0.3 is 0 Å². The zero-order chi connectivity index (χ0) is 26.3. The zero-order valence-corrected chi connectivity index (χ0v) is 22.0. The van der Waals surface area contributed by atoms with E-state index >= 15 is 0 Å². The molecular weight excluding hydrogens is 504 g/mol. The Morgan fingerprint density at radius 1 is 1.11 bits per heavy atom. The van der Waals surface area contributed by atoms with Crippen LogP contribution in [0.2, 0.25) is 0 Å². The molecule has 0 aromatic carbocycles. The number of nitrogens with zero attached hydrogens (tertiary/aromatic N) is 6. The number of nitrogens with one attached hydrogen (secondary N) is 2. The van der Waals surface area contributed by atoms with Crippen molar-refractivity contribution in [3.63, 3.8) is 0 Å². The summed E-state index contributed by atoms with van der Waals surface area (Å²) < 4.78 is 3.34. The van der Waals surface area contributed by atoms with Crippen LogP contribution in [0.15, 0.2) is 37.1 Å². The van der Waals surface area contributed by atoms with E-state index in [1.165, 1.54) is 37.0 Å². The summed E-state index contributed by atoms with van der Waals surface area (Å²) in [4.78, 5) is 34.4. The van der Waals surface area contributed by atoms with E-state index < -0.39 is 0 Å². The van der Waals surface area contributed by atoms with Gasteiger partial charge in [0.15, 0.2) is 0 Å². The maximum Gasteiger partial charge on any atom is 0.260 e. The number of carbonyl (C=O) groups is 2. The van der Waals surface area contributed by atoms with Crippen LogP contribution in [0.25, 0.3) is 15.3 Å². The number of fused-ring (bicyclic) bond motifs is 1. The van der Waals surface area contributed by atoms with Gasteiger partial charge in [0.25, 0.3) is 5.91 Å². The molecule has 4 aromatic rings. The van der Waals surface area contributed by atoms with Gasteiger partial charge in [0, 0.05) is 23.5 Å². The minimum Gasteiger partial charge on any atom is -0.394 e. The molecule has 6 rings (SSSR count). The van der Waals surface area contributed by atoms with Gasteiger partial charge in [0.1, 0.15) is 4.83 Å². The number of carbonyl (C=O) groups excluding carboxylic acids is 2. The molecule has 0 bridgehead atoms. The van der Waals surface area contributed by atoms with E-state index in [0.29, 0.717) is 40.6 Å². The number of aliphatic hydroxyl groups is 1. The number of hydrogen-bond donors (Lipinski definition) is 3. The summed E-state index contributed by atoms with van der Waals surface area (Å²) in [7, 11) is 0. The zero-order valence-electron chi connectivity index (χ0n) is 21.2. The number of hydrogen-bond acceptors (Lipinski definition) is 8. The van der Waals surface area contributed by atoms with Crippen molar-refractivity contribution in [3.05, 3.63) is 48.3 Å². The molecule has 198 valence electrons. The minimum atomic E-state index is -0.304. The van der Waals surface area contributed by atoms with Gasteiger partial charge in [-0.25, -0.2) is 4.52 Å². The Morgan fingerprint density at radius 2 is 1.97 bits per heavy atom. The number of amides is 2. The van der Waals surface area contributed by atoms with E-state index in [1.54, 1.807) is 33.9 Å². The maximum absolute atomic E-state index is 13.2. The van der Waals surface area contributed by atoms with Crippen molar-refractivity contribution in [2.75, 3.05) is 30.3 Å². The molecule has 38 heavy (non-hydrogen) atoms. The molecule has 2 amide bonds. The molecule has 3 N–H and O–H groups in total. The smallest absolute Gasteiger partial charge is 0.260 e. The molecule has 12 heteroatoms. The molecule has 2 fully saturated rings. The topological polar surface area (TPSA) is 130 Å². The normalized spacial score (nSPS) is 16.7. The van der Waals surface area contributed by atoms with E-state index in [0.717, 1.165) is 23.4 Å². The Labute approximate surface area is 223 Å². The van der Waals surface area contributed by atoms with Crippen LogP contribution in [0, 0.1) is 6.92 Å². The summed E-state index contributed by atoms with van der Waals surface area (Å²) in [6, 6.07) is 1.75. The van der Waals surface area contributed by atoms with Crippen LogP contribution in [0.3, 0.4) is 0 Å². The molecule has 1 saturated heterocycles. The van der Waals surface area contributed by atoms with Crippen LogP contribution in [-0.2, 0) is 11.3 Å². The highest BCUT2D eigenvalue weighted by molar-refractivity contribution is 7.21. The highest BCUT2D eigenvalue weighted by Gasteiger charge is 2.49. The van der Waals surface area contributed by atoms with Gasteiger partial charge in [0.05, 0.1) is 65.8 Å². The molecule has 11 nitrogen and oxygen atoms in total. The number of likely N-dealkylation sites (tertiary alicyclic amines) is 1. The number of anilines is 2. The molecule has 1 saturated carbocycles. The Bertz CT molecular complexity index is 1500. The van der Waals surface area contributed by atoms with Gasteiger partial charge in [-0.1, -0.05) is 6.42 Å². The van der Waals surface area contributed by atoms with Crippen LogP contribution >= 0.6 is 11.3 Å². The minimum absolute atomic E-state index is 0.0114. The van der Waals surface area contributed by atoms with Crippen molar-refractivity contribution in [1.82, 2.24) is 29.3 Å². The number of pyridine rings is 1. The van der Waals surface area contributed by atoms with Crippen molar-refractivity contribution in [1.29, 1.82) is 0 Å². The van der Waals surface area contributed by atoms with E-state index in [1.807, 2.05) is 19.3 Å². The average Bonchev–Trinajstić information content (AvgIpc) is 3.22. The fourth-order valence-corrected chi connectivity index (χ4v) is 6.22. The fourth-order valence-electron chi connectivity index (χ4n) is 5.19. The lowest BCUT2D eigenvalue weighted by atomic mass is 10.00. The number of rotatable bonds is 8. The summed E-state index contributed by atoms with van der Waals surface area (Å²) in [5, 5.41) is 23.6. The molecule has 4 aromatic heterocycles. The van der Waals surface area contributed by atoms with Gasteiger partial charge < -0.3 is 15.7 Å². The second-order valence-electron chi connectivity index (χ2n) is 10.1. The number of aliphatic hydroxyl groups excluding tert-OH is 1. The lowest BCUT2D eigenvalue weighted by Gasteiger charge is -2.35. The third-order valence-corrected chi connectivity index (χ3v) is 8.62. The number of piperidine rings is 1. The predicted octanol–water partition coefficient (Wildman–Crippen LogP) is 3.16. The molecule has 2 aliphatic rings. The number of aromatic nitrogens is 5. The van der Waals surface area contributed by atoms with E-state index in [9.17, 15) is 9.59 Å². The van der Waals surface area contributed by atoms with E-state index in [-0.39, 0.29) is 24.0 Å². The van der Waals surface area contributed by atoms with Gasteiger partial charge in [-0.2, -0.15) is 10.2 Å². The lowest BCUT2D eigenvalue weighted by Crippen LogP contribution is -2.45. The number of thiazole rings is 1. The first kappa shape index (κ1) is 24.7. The predicted molar refractivity (Wildman–Crippen MR) is 144 cm³/mol. The SMILES string of the molecule is Cc1ncc(NC(=O)CN2CCCCC23CC3)cc1NC(=O)c1cnn2cc(-c3cnn(CCO)c3)sc12. The first-order chi connectivity index (χ1) is 18.4. The molecule has 0 radical (unpaired) electrons. The second-order valence-corrected chi connectivity index (χ2v) is 11.1. The molecule has 1 spiro atoms. The molecule has 0 unspecified atom stereocenters. The highest BCUT2D eigenvalue weighted by atomic mass is 32.1. The van der Waals surface area contributed by atoms with Crippen molar-refractivity contribution < 1.29 is 14.7 Å². The third kappa shape index (κ3) is 4.82. The third-order valence-electron chi connectivity index (χ3n) is 7.46. The fraction of sp³-hybridized carbons (Fsp3) is 0.423. The largest absolute Gasteiger partial charge is 0.394 e.